The second-order valence-electron chi connectivity index (χ2n) is 4.58. The maximum Gasteiger partial charge on any atom is 0.0932 e. The lowest BCUT2D eigenvalue weighted by Gasteiger charge is -2.01. The third kappa shape index (κ3) is 6.81. The average molecular weight is 302 g/mol. The van der Waals surface area contributed by atoms with Crippen LogP contribution in [-0.2, 0) is 11.9 Å². The highest BCUT2D eigenvalue weighted by Gasteiger charge is 1.98. The Hall–Kier alpha value is -0.380. The highest BCUT2D eigenvalue weighted by atomic mass is 79.9. The maximum absolute atomic E-state index is 4.08. The minimum atomic E-state index is 0.796. The second-order valence-corrected chi connectivity index (χ2v) is 5.14. The predicted molar refractivity (Wildman–Crippen MR) is 75.3 cm³/mol. The van der Waals surface area contributed by atoms with Gasteiger partial charge in [-0.3, -0.25) is 4.68 Å². The molecule has 0 aromatic carbocycles. The number of alkyl halides is 1. The van der Waals surface area contributed by atoms with Crippen LogP contribution in [0.5, 0.6) is 0 Å². The summed E-state index contributed by atoms with van der Waals surface area (Å²) in [6, 6.07) is 0. The van der Waals surface area contributed by atoms with Crippen LogP contribution in [0.4, 0.5) is 0 Å². The molecule has 0 aliphatic rings. The summed E-state index contributed by atoms with van der Waals surface area (Å²) in [5, 5.41) is 8.93. The summed E-state index contributed by atoms with van der Waals surface area (Å²) in [6.45, 7) is 3.27. The predicted octanol–water partition coefficient (Wildman–Crippen LogP) is 4.31. The monoisotopic (exact) mass is 301 g/mol. The van der Waals surface area contributed by atoms with Gasteiger partial charge in [0.15, 0.2) is 0 Å². The van der Waals surface area contributed by atoms with Gasteiger partial charge in [-0.1, -0.05) is 73.0 Å². The Morgan fingerprint density at radius 2 is 1.71 bits per heavy atom. The van der Waals surface area contributed by atoms with Gasteiger partial charge in [-0.15, -0.1) is 5.10 Å². The van der Waals surface area contributed by atoms with E-state index in [-0.39, 0.29) is 0 Å². The van der Waals surface area contributed by atoms with Gasteiger partial charge in [0.1, 0.15) is 0 Å². The molecule has 1 aromatic heterocycles. The number of rotatable bonds is 10. The van der Waals surface area contributed by atoms with Crippen LogP contribution in [0.3, 0.4) is 0 Å². The van der Waals surface area contributed by atoms with Crippen LogP contribution >= 0.6 is 15.9 Å². The molecule has 0 radical (unpaired) electrons. The zero-order valence-electron chi connectivity index (χ0n) is 10.9. The van der Waals surface area contributed by atoms with Gasteiger partial charge in [-0.05, 0) is 6.42 Å². The third-order valence-electron chi connectivity index (χ3n) is 2.96. The molecule has 0 fully saturated rings. The van der Waals surface area contributed by atoms with E-state index < -0.39 is 0 Å². The lowest BCUT2D eigenvalue weighted by molar-refractivity contribution is 0.511. The number of nitrogens with zero attached hydrogens (tertiary/aromatic N) is 3. The molecule has 0 amide bonds. The molecule has 0 bridgehead atoms. The van der Waals surface area contributed by atoms with Crippen LogP contribution in [-0.4, -0.2) is 15.0 Å². The summed E-state index contributed by atoms with van der Waals surface area (Å²) in [5.41, 5.74) is 1.02. The van der Waals surface area contributed by atoms with Gasteiger partial charge in [0, 0.05) is 18.1 Å². The Morgan fingerprint density at radius 3 is 2.29 bits per heavy atom. The van der Waals surface area contributed by atoms with E-state index in [2.05, 4.69) is 33.2 Å². The van der Waals surface area contributed by atoms with Crippen LogP contribution in [0.25, 0.3) is 0 Å². The van der Waals surface area contributed by atoms with Gasteiger partial charge < -0.3 is 0 Å². The molecule has 1 aromatic rings. The van der Waals surface area contributed by atoms with Crippen molar-refractivity contribution in [3.63, 3.8) is 0 Å². The van der Waals surface area contributed by atoms with Crippen LogP contribution in [0.15, 0.2) is 6.20 Å². The number of hydrogen-bond acceptors (Lipinski definition) is 2. The standard InChI is InChI=1S/C13H24BrN3/c1-2-3-4-5-6-7-8-9-10-17-12-13(11-14)15-16-17/h12H,2-11H2,1H3. The summed E-state index contributed by atoms with van der Waals surface area (Å²) < 4.78 is 1.95. The van der Waals surface area contributed by atoms with Crippen LogP contribution < -0.4 is 0 Å². The van der Waals surface area contributed by atoms with Crippen LogP contribution in [0.1, 0.15) is 64.0 Å². The largest absolute Gasteiger partial charge is 0.252 e. The van der Waals surface area contributed by atoms with Crippen molar-refractivity contribution in [2.45, 2.75) is 70.2 Å². The number of halogens is 1. The topological polar surface area (TPSA) is 30.7 Å². The summed E-state index contributed by atoms with van der Waals surface area (Å²) in [5.74, 6) is 0. The summed E-state index contributed by atoms with van der Waals surface area (Å²) in [7, 11) is 0. The first-order valence-electron chi connectivity index (χ1n) is 6.81. The molecular weight excluding hydrogens is 278 g/mol. The molecule has 17 heavy (non-hydrogen) atoms. The molecule has 0 spiro atoms. The van der Waals surface area contributed by atoms with Crippen molar-refractivity contribution in [2.75, 3.05) is 0 Å². The van der Waals surface area contributed by atoms with Crippen molar-refractivity contribution < 1.29 is 0 Å². The zero-order valence-corrected chi connectivity index (χ0v) is 12.5. The quantitative estimate of drug-likeness (QED) is 0.476. The fraction of sp³-hybridized carbons (Fsp3) is 0.846. The third-order valence-corrected chi connectivity index (χ3v) is 3.54. The summed E-state index contributed by atoms with van der Waals surface area (Å²) in [4.78, 5) is 0. The Morgan fingerprint density at radius 1 is 1.06 bits per heavy atom. The summed E-state index contributed by atoms with van der Waals surface area (Å²) in [6.07, 6.45) is 12.9. The summed E-state index contributed by atoms with van der Waals surface area (Å²) >= 11 is 3.38. The highest BCUT2D eigenvalue weighted by molar-refractivity contribution is 9.08. The molecule has 98 valence electrons. The molecule has 0 N–H and O–H groups in total. The van der Waals surface area contributed by atoms with E-state index >= 15 is 0 Å². The van der Waals surface area contributed by atoms with Crippen molar-refractivity contribution in [2.24, 2.45) is 0 Å². The number of unbranched alkanes of at least 4 members (excludes halogenated alkanes) is 7. The van der Waals surface area contributed by atoms with Gasteiger partial charge in [-0.2, -0.15) is 0 Å². The van der Waals surface area contributed by atoms with Crippen molar-refractivity contribution in [1.82, 2.24) is 15.0 Å². The normalized spacial score (nSPS) is 10.9. The number of aryl methyl sites for hydroxylation is 1. The molecular formula is C13H24BrN3. The first kappa shape index (κ1) is 14.7. The van der Waals surface area contributed by atoms with Gasteiger partial charge in [0.25, 0.3) is 0 Å². The minimum Gasteiger partial charge on any atom is -0.252 e. The van der Waals surface area contributed by atoms with Crippen molar-refractivity contribution in [1.29, 1.82) is 0 Å². The molecule has 0 aliphatic carbocycles. The van der Waals surface area contributed by atoms with Crippen molar-refractivity contribution in [3.05, 3.63) is 11.9 Å². The first-order valence-corrected chi connectivity index (χ1v) is 7.94. The van der Waals surface area contributed by atoms with Crippen molar-refractivity contribution in [3.8, 4) is 0 Å². The van der Waals surface area contributed by atoms with Gasteiger partial charge in [-0.25, -0.2) is 0 Å². The maximum atomic E-state index is 4.08. The van der Waals surface area contributed by atoms with E-state index in [0.717, 1.165) is 17.6 Å². The average Bonchev–Trinajstić information content (AvgIpc) is 2.80. The van der Waals surface area contributed by atoms with Gasteiger partial charge >= 0.3 is 0 Å². The highest BCUT2D eigenvalue weighted by Crippen LogP contribution is 2.09. The zero-order chi connectivity index (χ0) is 12.3. The molecule has 1 heterocycles. The smallest absolute Gasteiger partial charge is 0.0932 e. The molecule has 0 aliphatic heterocycles. The molecule has 0 saturated carbocycles. The van der Waals surface area contributed by atoms with E-state index in [1.165, 1.54) is 51.4 Å². The SMILES string of the molecule is CCCCCCCCCCn1cc(CBr)nn1. The Bertz CT molecular complexity index is 286. The Labute approximate surface area is 113 Å². The van der Waals surface area contributed by atoms with E-state index in [9.17, 15) is 0 Å². The van der Waals surface area contributed by atoms with Crippen LogP contribution in [0, 0.1) is 0 Å². The molecule has 4 heteroatoms. The molecule has 1 rings (SSSR count). The Kier molecular flexibility index (Phi) is 8.32. The van der Waals surface area contributed by atoms with Crippen LogP contribution in [0.2, 0.25) is 0 Å². The van der Waals surface area contributed by atoms with E-state index in [4.69, 9.17) is 0 Å². The molecule has 0 unspecified atom stereocenters. The van der Waals surface area contributed by atoms with E-state index in [0.29, 0.717) is 0 Å². The van der Waals surface area contributed by atoms with E-state index in [1.54, 1.807) is 0 Å². The fourth-order valence-electron chi connectivity index (χ4n) is 1.92. The lowest BCUT2D eigenvalue weighted by atomic mass is 10.1. The van der Waals surface area contributed by atoms with Gasteiger partial charge in [0.2, 0.25) is 0 Å². The molecule has 0 atom stereocenters. The molecule has 0 saturated heterocycles. The van der Waals surface area contributed by atoms with Crippen molar-refractivity contribution >= 4 is 15.9 Å². The fourth-order valence-corrected chi connectivity index (χ4v) is 2.17. The van der Waals surface area contributed by atoms with Gasteiger partial charge in [0.05, 0.1) is 5.69 Å². The first-order chi connectivity index (χ1) is 8.36. The lowest BCUT2D eigenvalue weighted by Crippen LogP contribution is -1.98. The second kappa shape index (κ2) is 9.63. The number of hydrogen-bond donors (Lipinski definition) is 0. The minimum absolute atomic E-state index is 0.796. The Balaban J connectivity index is 1.93. The number of aromatic nitrogens is 3. The van der Waals surface area contributed by atoms with E-state index in [1.807, 2.05) is 10.9 Å². The molecule has 3 nitrogen and oxygen atoms in total.